The van der Waals surface area contributed by atoms with Gasteiger partial charge < -0.3 is 14.1 Å². The molecule has 0 bridgehead atoms. The molecule has 1 fully saturated rings. The van der Waals surface area contributed by atoms with Crippen LogP contribution >= 0.6 is 11.3 Å². The van der Waals surface area contributed by atoms with Crippen molar-refractivity contribution in [3.05, 3.63) is 75.6 Å². The van der Waals surface area contributed by atoms with Gasteiger partial charge in [0.25, 0.3) is 5.91 Å². The van der Waals surface area contributed by atoms with Crippen LogP contribution in [0.15, 0.2) is 63.8 Å². The molecular weight excluding hydrogens is 426 g/mol. The van der Waals surface area contributed by atoms with E-state index >= 15 is 0 Å². The normalized spacial score (nSPS) is 14.6. The van der Waals surface area contributed by atoms with E-state index in [2.05, 4.69) is 10.2 Å². The number of fused-ring (bicyclic) bond motifs is 1. The molecule has 0 aliphatic carbocycles. The number of hydrogen-bond acceptors (Lipinski definition) is 7. The van der Waals surface area contributed by atoms with Crippen LogP contribution in [0.4, 0.5) is 0 Å². The van der Waals surface area contributed by atoms with E-state index in [1.165, 1.54) is 0 Å². The highest BCUT2D eigenvalue weighted by molar-refractivity contribution is 7.14. The number of benzene rings is 2. The summed E-state index contributed by atoms with van der Waals surface area (Å²) in [7, 11) is 1.64. The Morgan fingerprint density at radius 2 is 1.84 bits per heavy atom. The number of piperidine rings is 1. The fourth-order valence-electron chi connectivity index (χ4n) is 4.04. The van der Waals surface area contributed by atoms with Crippen molar-refractivity contribution in [1.29, 1.82) is 0 Å². The number of hydrogen-bond donors (Lipinski definition) is 0. The van der Waals surface area contributed by atoms with E-state index in [1.54, 1.807) is 41.5 Å². The van der Waals surface area contributed by atoms with Gasteiger partial charge in [-0.25, -0.2) is 4.79 Å². The summed E-state index contributed by atoms with van der Waals surface area (Å²) in [4.78, 5) is 27.1. The van der Waals surface area contributed by atoms with E-state index in [1.807, 2.05) is 36.4 Å². The first-order valence-electron chi connectivity index (χ1n) is 10.4. The monoisotopic (exact) mass is 447 g/mol. The van der Waals surface area contributed by atoms with Gasteiger partial charge in [-0.05, 0) is 37.1 Å². The number of methoxy groups -OCH3 is 1. The summed E-state index contributed by atoms with van der Waals surface area (Å²) < 4.78 is 10.8. The quantitative estimate of drug-likeness (QED) is 0.433. The molecule has 5 rings (SSSR count). The van der Waals surface area contributed by atoms with Gasteiger partial charge in [0.2, 0.25) is 0 Å². The zero-order valence-electron chi connectivity index (χ0n) is 17.5. The molecule has 4 aromatic rings. The van der Waals surface area contributed by atoms with Gasteiger partial charge in [0.15, 0.2) is 5.01 Å². The molecule has 0 spiro atoms. The second-order valence-corrected chi connectivity index (χ2v) is 8.71. The Balaban J connectivity index is 1.30. The lowest BCUT2D eigenvalue weighted by atomic mass is 9.97. The molecule has 3 heterocycles. The van der Waals surface area contributed by atoms with Gasteiger partial charge in [-0.15, -0.1) is 10.2 Å². The van der Waals surface area contributed by atoms with E-state index in [4.69, 9.17) is 9.15 Å². The first-order valence-corrected chi connectivity index (χ1v) is 11.2. The second kappa shape index (κ2) is 8.55. The molecule has 2 aromatic heterocycles. The number of amides is 1. The molecule has 2 aromatic carbocycles. The van der Waals surface area contributed by atoms with Crippen LogP contribution < -0.4 is 10.4 Å². The molecule has 8 heteroatoms. The predicted molar refractivity (Wildman–Crippen MR) is 122 cm³/mol. The summed E-state index contributed by atoms with van der Waals surface area (Å²) in [6, 6.07) is 16.6. The summed E-state index contributed by atoms with van der Waals surface area (Å²) in [5.74, 6) is 0.716. The summed E-state index contributed by atoms with van der Waals surface area (Å²) in [5.41, 5.74) is 0.891. The maximum absolute atomic E-state index is 13.0. The Morgan fingerprint density at radius 1 is 1.09 bits per heavy atom. The fourth-order valence-corrected chi connectivity index (χ4v) is 5.08. The highest BCUT2D eigenvalue weighted by atomic mass is 32.1. The molecule has 1 saturated heterocycles. The number of carbonyl (C=O) groups is 1. The molecule has 0 saturated carbocycles. The third-order valence-electron chi connectivity index (χ3n) is 5.78. The lowest BCUT2D eigenvalue weighted by molar-refractivity contribution is 0.0708. The first kappa shape index (κ1) is 20.4. The molecular formula is C24H21N3O4S. The minimum absolute atomic E-state index is 0.0801. The van der Waals surface area contributed by atoms with E-state index in [0.717, 1.165) is 39.6 Å². The zero-order valence-corrected chi connectivity index (χ0v) is 18.3. The first-order chi connectivity index (χ1) is 15.6. The highest BCUT2D eigenvalue weighted by Gasteiger charge is 2.28. The standard InChI is InChI=1S/C24H21N3O4S/c1-30-20-9-5-3-7-17(20)22-26-25-21(32-22)15-10-12-27(13-11-15)23(28)18-14-16-6-2-4-8-19(16)31-24(18)29/h2-9,14-15H,10-13H2,1H3. The molecule has 0 N–H and O–H groups in total. The van der Waals surface area contributed by atoms with Crippen LogP contribution in [0.3, 0.4) is 0 Å². The lowest BCUT2D eigenvalue weighted by Crippen LogP contribution is -2.39. The van der Waals surface area contributed by atoms with Crippen LogP contribution in [0, 0.1) is 0 Å². The average molecular weight is 448 g/mol. The number of carbonyl (C=O) groups excluding carboxylic acids is 1. The van der Waals surface area contributed by atoms with Crippen LogP contribution in [0.1, 0.15) is 34.1 Å². The third kappa shape index (κ3) is 3.78. The average Bonchev–Trinajstić information content (AvgIpc) is 3.33. The highest BCUT2D eigenvalue weighted by Crippen LogP contribution is 2.36. The molecule has 0 atom stereocenters. The molecule has 0 radical (unpaired) electrons. The number of likely N-dealkylation sites (tertiary alicyclic amines) is 1. The van der Waals surface area contributed by atoms with Crippen molar-refractivity contribution < 1.29 is 13.9 Å². The molecule has 162 valence electrons. The van der Waals surface area contributed by atoms with Crippen molar-refractivity contribution in [3.63, 3.8) is 0 Å². The molecule has 32 heavy (non-hydrogen) atoms. The van der Waals surface area contributed by atoms with E-state index < -0.39 is 5.63 Å². The topological polar surface area (TPSA) is 85.5 Å². The zero-order chi connectivity index (χ0) is 22.1. The van der Waals surface area contributed by atoms with E-state index in [9.17, 15) is 9.59 Å². The summed E-state index contributed by atoms with van der Waals surface area (Å²) in [6.07, 6.45) is 1.54. The van der Waals surface area contributed by atoms with Crippen LogP contribution in [0.5, 0.6) is 5.75 Å². The summed E-state index contributed by atoms with van der Waals surface area (Å²) >= 11 is 1.56. The maximum atomic E-state index is 13.0. The largest absolute Gasteiger partial charge is 0.496 e. The van der Waals surface area contributed by atoms with Gasteiger partial charge in [0, 0.05) is 24.4 Å². The Hall–Kier alpha value is -3.52. The molecule has 7 nitrogen and oxygen atoms in total. The van der Waals surface area contributed by atoms with Crippen LogP contribution in [-0.2, 0) is 0 Å². The van der Waals surface area contributed by atoms with Crippen molar-refractivity contribution in [2.24, 2.45) is 0 Å². The molecule has 1 amide bonds. The minimum Gasteiger partial charge on any atom is -0.496 e. The van der Waals surface area contributed by atoms with Crippen molar-refractivity contribution >= 4 is 28.2 Å². The third-order valence-corrected chi connectivity index (χ3v) is 6.90. The molecule has 1 aliphatic rings. The second-order valence-electron chi connectivity index (χ2n) is 7.70. The van der Waals surface area contributed by atoms with Crippen LogP contribution in [0.2, 0.25) is 0 Å². The summed E-state index contributed by atoms with van der Waals surface area (Å²) in [6.45, 7) is 1.11. The smallest absolute Gasteiger partial charge is 0.349 e. The minimum atomic E-state index is -0.596. The Morgan fingerprint density at radius 3 is 2.66 bits per heavy atom. The van der Waals surface area contributed by atoms with Gasteiger partial charge in [0.05, 0.1) is 12.7 Å². The lowest BCUT2D eigenvalue weighted by Gasteiger charge is -2.30. The van der Waals surface area contributed by atoms with Gasteiger partial charge in [0.1, 0.15) is 21.9 Å². The Kier molecular flexibility index (Phi) is 5.45. The van der Waals surface area contributed by atoms with Crippen LogP contribution in [0.25, 0.3) is 21.5 Å². The van der Waals surface area contributed by atoms with E-state index in [-0.39, 0.29) is 17.4 Å². The van der Waals surface area contributed by atoms with Gasteiger partial charge in [-0.1, -0.05) is 41.7 Å². The fraction of sp³-hybridized carbons (Fsp3) is 0.250. The number of rotatable bonds is 4. The number of ether oxygens (including phenoxy) is 1. The van der Waals surface area contributed by atoms with Crippen molar-refractivity contribution in [3.8, 4) is 16.3 Å². The van der Waals surface area contributed by atoms with Crippen molar-refractivity contribution in [1.82, 2.24) is 15.1 Å². The van der Waals surface area contributed by atoms with Crippen LogP contribution in [-0.4, -0.2) is 41.2 Å². The van der Waals surface area contributed by atoms with Gasteiger partial charge >= 0.3 is 5.63 Å². The molecule has 1 aliphatic heterocycles. The van der Waals surface area contributed by atoms with E-state index in [0.29, 0.717) is 18.7 Å². The molecule has 0 unspecified atom stereocenters. The maximum Gasteiger partial charge on any atom is 0.349 e. The Labute approximate surface area is 188 Å². The predicted octanol–water partition coefficient (Wildman–Crippen LogP) is 4.34. The Bertz CT molecular complexity index is 1340. The van der Waals surface area contributed by atoms with Crippen molar-refractivity contribution in [2.75, 3.05) is 20.2 Å². The van der Waals surface area contributed by atoms with Crippen molar-refractivity contribution in [2.45, 2.75) is 18.8 Å². The number of para-hydroxylation sites is 2. The van der Waals surface area contributed by atoms with Gasteiger partial charge in [-0.2, -0.15) is 0 Å². The number of aromatic nitrogens is 2. The summed E-state index contributed by atoms with van der Waals surface area (Å²) in [5, 5.41) is 11.3. The SMILES string of the molecule is COc1ccccc1-c1nnc(C2CCN(C(=O)c3cc4ccccc4oc3=O)CC2)s1. The number of nitrogens with zero attached hydrogens (tertiary/aromatic N) is 3. The van der Waals surface area contributed by atoms with Gasteiger partial charge in [-0.3, -0.25) is 4.79 Å².